The number of nitrogens with zero attached hydrogens (tertiary/aromatic N) is 4. The lowest BCUT2D eigenvalue weighted by molar-refractivity contribution is 1.07. The van der Waals surface area contributed by atoms with Crippen LogP contribution in [0.2, 0.25) is 0 Å². The highest BCUT2D eigenvalue weighted by atomic mass is 32.1. The number of hydrogen-bond donors (Lipinski definition) is 0. The van der Waals surface area contributed by atoms with E-state index in [1.807, 2.05) is 72.0 Å². The molecule has 0 saturated heterocycles. The molecule has 0 amide bonds. The molecule has 0 N–H and O–H groups in total. The molecule has 0 aliphatic heterocycles. The zero-order valence-corrected chi connectivity index (χ0v) is 29.8. The van der Waals surface area contributed by atoms with Gasteiger partial charge in [-0.15, -0.1) is 11.3 Å². The first kappa shape index (κ1) is 30.7. The number of aromatic nitrogens is 4. The van der Waals surface area contributed by atoms with Crippen LogP contribution < -0.4 is 0 Å². The van der Waals surface area contributed by atoms with Gasteiger partial charge in [0.15, 0.2) is 17.5 Å². The van der Waals surface area contributed by atoms with E-state index in [-0.39, 0.29) is 0 Å². The van der Waals surface area contributed by atoms with Crippen molar-refractivity contribution in [2.75, 3.05) is 0 Å². The van der Waals surface area contributed by atoms with Gasteiger partial charge in [-0.3, -0.25) is 0 Å². The molecule has 11 rings (SSSR count). The Morgan fingerprint density at radius 2 is 0.926 bits per heavy atom. The van der Waals surface area contributed by atoms with Crippen LogP contribution in [0.15, 0.2) is 182 Å². The molecule has 4 nitrogen and oxygen atoms in total. The third-order valence-electron chi connectivity index (χ3n) is 10.4. The van der Waals surface area contributed by atoms with Gasteiger partial charge in [0.2, 0.25) is 0 Å². The smallest absolute Gasteiger partial charge is 0.164 e. The number of fused-ring (bicyclic) bond motifs is 8. The second kappa shape index (κ2) is 12.3. The molecule has 5 heteroatoms. The summed E-state index contributed by atoms with van der Waals surface area (Å²) < 4.78 is 4.92. The maximum atomic E-state index is 5.02. The lowest BCUT2D eigenvalue weighted by atomic mass is 9.95. The van der Waals surface area contributed by atoms with Gasteiger partial charge in [0.05, 0.1) is 21.4 Å². The molecule has 0 aliphatic carbocycles. The van der Waals surface area contributed by atoms with E-state index in [1.54, 1.807) is 0 Å². The highest BCUT2D eigenvalue weighted by molar-refractivity contribution is 7.26. The maximum absolute atomic E-state index is 5.02. The molecule has 11 aromatic rings. The molecule has 0 saturated carbocycles. The van der Waals surface area contributed by atoms with E-state index in [0.717, 1.165) is 16.7 Å². The van der Waals surface area contributed by atoms with Crippen molar-refractivity contribution in [3.05, 3.63) is 182 Å². The van der Waals surface area contributed by atoms with Crippen molar-refractivity contribution in [3.63, 3.8) is 0 Å². The van der Waals surface area contributed by atoms with Crippen LogP contribution in [0.25, 0.3) is 104 Å². The van der Waals surface area contributed by atoms with E-state index in [4.69, 9.17) is 15.0 Å². The monoisotopic (exact) mass is 706 g/mol. The van der Waals surface area contributed by atoms with Crippen LogP contribution in [0.1, 0.15) is 0 Å². The Hall–Kier alpha value is -6.95. The molecule has 252 valence electrons. The van der Waals surface area contributed by atoms with Gasteiger partial charge in [-0.25, -0.2) is 15.0 Å². The van der Waals surface area contributed by atoms with Crippen LogP contribution in [0.4, 0.5) is 0 Å². The molecule has 3 aromatic heterocycles. The second-order valence-corrected chi connectivity index (χ2v) is 14.6. The fourth-order valence-electron chi connectivity index (χ4n) is 7.97. The van der Waals surface area contributed by atoms with E-state index in [2.05, 4.69) is 126 Å². The van der Waals surface area contributed by atoms with Crippen molar-refractivity contribution >= 4 is 64.1 Å². The van der Waals surface area contributed by atoms with Crippen molar-refractivity contribution in [3.8, 4) is 51.0 Å². The van der Waals surface area contributed by atoms with Gasteiger partial charge in [0.25, 0.3) is 0 Å². The minimum atomic E-state index is 0.658. The molecule has 8 aromatic carbocycles. The Balaban J connectivity index is 1.14. The summed E-state index contributed by atoms with van der Waals surface area (Å²) >= 11 is 1.83. The van der Waals surface area contributed by atoms with E-state index in [1.165, 1.54) is 69.6 Å². The van der Waals surface area contributed by atoms with Crippen molar-refractivity contribution in [2.45, 2.75) is 0 Å². The van der Waals surface area contributed by atoms with Crippen molar-refractivity contribution in [1.82, 2.24) is 19.5 Å². The molecular weight excluding hydrogens is 677 g/mol. The Bertz CT molecular complexity index is 3140. The van der Waals surface area contributed by atoms with Gasteiger partial charge in [-0.05, 0) is 40.8 Å². The highest BCUT2D eigenvalue weighted by Gasteiger charge is 2.21. The number of hydrogen-bond acceptors (Lipinski definition) is 4. The fraction of sp³-hybridized carbons (Fsp3) is 0. The molecule has 0 spiro atoms. The second-order valence-electron chi connectivity index (χ2n) is 13.6. The Morgan fingerprint density at radius 1 is 0.370 bits per heavy atom. The average Bonchev–Trinajstić information content (AvgIpc) is 3.80. The summed E-state index contributed by atoms with van der Waals surface area (Å²) in [6.45, 7) is 0. The van der Waals surface area contributed by atoms with Crippen LogP contribution in [-0.4, -0.2) is 19.5 Å². The van der Waals surface area contributed by atoms with Crippen LogP contribution in [-0.2, 0) is 0 Å². The normalized spacial score (nSPS) is 11.7. The maximum Gasteiger partial charge on any atom is 0.164 e. The first-order chi connectivity index (χ1) is 26.8. The summed E-state index contributed by atoms with van der Waals surface area (Å²) in [4.78, 5) is 15.0. The van der Waals surface area contributed by atoms with E-state index in [9.17, 15) is 0 Å². The molecule has 0 fully saturated rings. The topological polar surface area (TPSA) is 43.6 Å². The van der Waals surface area contributed by atoms with Crippen LogP contribution >= 0.6 is 11.3 Å². The Labute approximate surface area is 315 Å². The summed E-state index contributed by atoms with van der Waals surface area (Å²) in [5, 5.41) is 7.44. The van der Waals surface area contributed by atoms with Crippen LogP contribution in [0.3, 0.4) is 0 Å². The third kappa shape index (κ3) is 4.86. The standard InChI is InChI=1S/C49H30N4S/c1-4-15-31(16-5-1)40-30-41-36-22-12-13-25-42(36)53(45(41)38-23-11-10-21-35(38)40)43-26-14-24-39-37-28-27-34(29-44(37)54-46(39)43)49-51-47(32-17-6-2-7-18-32)50-48(52-49)33-19-8-3-9-20-33/h1-30H. The summed E-state index contributed by atoms with van der Waals surface area (Å²) in [5.74, 6) is 1.98. The molecule has 0 unspecified atom stereocenters. The van der Waals surface area contributed by atoms with Gasteiger partial charge in [-0.2, -0.15) is 0 Å². The minimum Gasteiger partial charge on any atom is -0.307 e. The first-order valence-corrected chi connectivity index (χ1v) is 18.9. The van der Waals surface area contributed by atoms with Crippen LogP contribution in [0, 0.1) is 0 Å². The molecule has 0 aliphatic rings. The average molecular weight is 707 g/mol. The molecule has 0 bridgehead atoms. The Kier molecular flexibility index (Phi) is 7.00. The lowest BCUT2D eigenvalue weighted by Gasteiger charge is -2.13. The SMILES string of the molecule is c1ccc(-c2nc(-c3ccccc3)nc(-c3ccc4c(c3)sc3c(-n5c6ccccc6c6cc(-c7ccccc7)c7ccccc7c65)cccc34)n2)cc1. The number of rotatable bonds is 5. The van der Waals surface area contributed by atoms with E-state index < -0.39 is 0 Å². The molecule has 0 radical (unpaired) electrons. The van der Waals surface area contributed by atoms with Gasteiger partial charge in [0, 0.05) is 48.3 Å². The fourth-order valence-corrected chi connectivity index (χ4v) is 9.21. The van der Waals surface area contributed by atoms with Crippen molar-refractivity contribution in [1.29, 1.82) is 0 Å². The molecule has 3 heterocycles. The number of benzene rings is 8. The highest BCUT2D eigenvalue weighted by Crippen LogP contribution is 2.45. The van der Waals surface area contributed by atoms with E-state index in [0.29, 0.717) is 17.5 Å². The first-order valence-electron chi connectivity index (χ1n) is 18.1. The number of thiophene rings is 1. The lowest BCUT2D eigenvalue weighted by Crippen LogP contribution is -1.99. The quantitative estimate of drug-likeness (QED) is 0.179. The zero-order chi connectivity index (χ0) is 35.6. The van der Waals surface area contributed by atoms with Gasteiger partial charge in [0.1, 0.15) is 0 Å². The van der Waals surface area contributed by atoms with Gasteiger partial charge >= 0.3 is 0 Å². The largest absolute Gasteiger partial charge is 0.307 e. The third-order valence-corrected chi connectivity index (χ3v) is 11.6. The van der Waals surface area contributed by atoms with Gasteiger partial charge < -0.3 is 4.57 Å². The predicted molar refractivity (Wildman–Crippen MR) is 226 cm³/mol. The molecule has 54 heavy (non-hydrogen) atoms. The summed E-state index contributed by atoms with van der Waals surface area (Å²) in [6.07, 6.45) is 0. The van der Waals surface area contributed by atoms with E-state index >= 15 is 0 Å². The summed E-state index contributed by atoms with van der Waals surface area (Å²) in [5.41, 5.74) is 8.95. The van der Waals surface area contributed by atoms with Crippen molar-refractivity contribution < 1.29 is 0 Å². The van der Waals surface area contributed by atoms with Gasteiger partial charge in [-0.1, -0.05) is 158 Å². The molecular formula is C49H30N4S. The predicted octanol–water partition coefficient (Wildman–Crippen LogP) is 13.2. The van der Waals surface area contributed by atoms with Crippen LogP contribution in [0.5, 0.6) is 0 Å². The summed E-state index contributed by atoms with van der Waals surface area (Å²) in [7, 11) is 0. The van der Waals surface area contributed by atoms with Crippen molar-refractivity contribution in [2.24, 2.45) is 0 Å². The number of para-hydroxylation sites is 1. The summed E-state index contributed by atoms with van der Waals surface area (Å²) in [6, 6.07) is 64.4. The Morgan fingerprint density at radius 3 is 1.61 bits per heavy atom. The minimum absolute atomic E-state index is 0.658. The zero-order valence-electron chi connectivity index (χ0n) is 29.0. The molecule has 0 atom stereocenters.